The van der Waals surface area contributed by atoms with Gasteiger partial charge in [0, 0.05) is 24.1 Å². The van der Waals surface area contributed by atoms with Crippen molar-refractivity contribution < 1.29 is 14.3 Å². The number of carbonyl (C=O) groups excluding carboxylic acids is 1. The predicted molar refractivity (Wildman–Crippen MR) is 103 cm³/mol. The smallest absolute Gasteiger partial charge is 0.266 e. The third kappa shape index (κ3) is 4.21. The first-order valence-electron chi connectivity index (χ1n) is 8.28. The summed E-state index contributed by atoms with van der Waals surface area (Å²) in [4.78, 5) is 17.3. The highest BCUT2D eigenvalue weighted by molar-refractivity contribution is 7.12. The molecule has 0 aliphatic carbocycles. The SMILES string of the molecule is CCc1ccsc1C(=O)Nc1ccc(OC)c(OCc2ccncc2)c1. The number of methoxy groups -OCH3 is 1. The van der Waals surface area contributed by atoms with Crippen molar-refractivity contribution in [1.82, 2.24) is 4.98 Å². The Morgan fingerprint density at radius 3 is 2.69 bits per heavy atom. The summed E-state index contributed by atoms with van der Waals surface area (Å²) in [5.41, 5.74) is 2.72. The zero-order valence-corrected chi connectivity index (χ0v) is 15.5. The Bertz CT molecular complexity index is 878. The number of anilines is 1. The fourth-order valence-corrected chi connectivity index (χ4v) is 3.40. The first-order valence-corrected chi connectivity index (χ1v) is 9.16. The summed E-state index contributed by atoms with van der Waals surface area (Å²) in [6.45, 7) is 2.43. The van der Waals surface area contributed by atoms with E-state index in [0.717, 1.165) is 22.4 Å². The number of nitrogens with zero attached hydrogens (tertiary/aromatic N) is 1. The number of ether oxygens (including phenoxy) is 2. The van der Waals surface area contributed by atoms with Crippen molar-refractivity contribution in [2.45, 2.75) is 20.0 Å². The molecule has 3 aromatic rings. The van der Waals surface area contributed by atoms with Gasteiger partial charge in [0.15, 0.2) is 11.5 Å². The van der Waals surface area contributed by atoms with Crippen LogP contribution in [0.15, 0.2) is 54.2 Å². The molecule has 0 radical (unpaired) electrons. The molecule has 3 rings (SSSR count). The Morgan fingerprint density at radius 2 is 1.96 bits per heavy atom. The maximum atomic E-state index is 12.5. The van der Waals surface area contributed by atoms with Gasteiger partial charge in [-0.3, -0.25) is 9.78 Å². The average Bonchev–Trinajstić information content (AvgIpc) is 3.16. The molecule has 2 aromatic heterocycles. The lowest BCUT2D eigenvalue weighted by atomic mass is 10.2. The minimum absolute atomic E-state index is 0.109. The largest absolute Gasteiger partial charge is 0.493 e. The van der Waals surface area contributed by atoms with Crippen LogP contribution in [0.3, 0.4) is 0 Å². The fraction of sp³-hybridized carbons (Fsp3) is 0.200. The number of hydrogen-bond acceptors (Lipinski definition) is 5. The van der Waals surface area contributed by atoms with Crippen LogP contribution in [-0.2, 0) is 13.0 Å². The molecule has 1 amide bonds. The summed E-state index contributed by atoms with van der Waals surface area (Å²) < 4.78 is 11.2. The molecule has 1 N–H and O–H groups in total. The first kappa shape index (κ1) is 17.9. The second kappa shape index (κ2) is 8.49. The molecule has 1 aromatic carbocycles. The van der Waals surface area contributed by atoms with Gasteiger partial charge in [-0.25, -0.2) is 0 Å². The molecule has 0 spiro atoms. The number of pyridine rings is 1. The van der Waals surface area contributed by atoms with Crippen molar-refractivity contribution >= 4 is 22.9 Å². The lowest BCUT2D eigenvalue weighted by Crippen LogP contribution is -2.12. The van der Waals surface area contributed by atoms with Gasteiger partial charge >= 0.3 is 0 Å². The molecular formula is C20H20N2O3S. The van der Waals surface area contributed by atoms with Crippen LogP contribution < -0.4 is 14.8 Å². The molecule has 0 saturated heterocycles. The number of aryl methyl sites for hydroxylation is 1. The van der Waals surface area contributed by atoms with Gasteiger partial charge in [-0.2, -0.15) is 0 Å². The second-order valence-electron chi connectivity index (χ2n) is 5.59. The summed E-state index contributed by atoms with van der Waals surface area (Å²) in [5.74, 6) is 1.08. The molecular weight excluding hydrogens is 348 g/mol. The minimum Gasteiger partial charge on any atom is -0.493 e. The third-order valence-electron chi connectivity index (χ3n) is 3.90. The van der Waals surface area contributed by atoms with Crippen LogP contribution in [0.2, 0.25) is 0 Å². The third-order valence-corrected chi connectivity index (χ3v) is 4.85. The Kier molecular flexibility index (Phi) is 5.86. The Labute approximate surface area is 156 Å². The van der Waals surface area contributed by atoms with E-state index in [4.69, 9.17) is 9.47 Å². The quantitative estimate of drug-likeness (QED) is 0.665. The summed E-state index contributed by atoms with van der Waals surface area (Å²) >= 11 is 1.45. The average molecular weight is 368 g/mol. The number of thiophene rings is 1. The van der Waals surface area contributed by atoms with Crippen molar-refractivity contribution in [2.75, 3.05) is 12.4 Å². The van der Waals surface area contributed by atoms with E-state index in [9.17, 15) is 4.79 Å². The molecule has 6 heteroatoms. The van der Waals surface area contributed by atoms with E-state index in [1.165, 1.54) is 11.3 Å². The number of rotatable bonds is 7. The standard InChI is InChI=1S/C20H20N2O3S/c1-3-15-8-11-26-19(15)20(23)22-16-4-5-17(24-2)18(12-16)25-13-14-6-9-21-10-7-14/h4-12H,3,13H2,1-2H3,(H,22,23). The molecule has 0 aliphatic heterocycles. The first-order chi connectivity index (χ1) is 12.7. The summed E-state index contributed by atoms with van der Waals surface area (Å²) in [5, 5.41) is 4.87. The highest BCUT2D eigenvalue weighted by Crippen LogP contribution is 2.31. The molecule has 0 saturated carbocycles. The molecule has 26 heavy (non-hydrogen) atoms. The van der Waals surface area contributed by atoms with Crippen molar-refractivity contribution in [3.63, 3.8) is 0 Å². The van der Waals surface area contributed by atoms with E-state index < -0.39 is 0 Å². The van der Waals surface area contributed by atoms with E-state index in [2.05, 4.69) is 10.3 Å². The van der Waals surface area contributed by atoms with Gasteiger partial charge in [0.2, 0.25) is 0 Å². The number of benzene rings is 1. The molecule has 0 unspecified atom stereocenters. The van der Waals surface area contributed by atoms with Crippen LogP contribution in [0.25, 0.3) is 0 Å². The van der Waals surface area contributed by atoms with Crippen LogP contribution in [0.4, 0.5) is 5.69 Å². The molecule has 0 bridgehead atoms. The van der Waals surface area contributed by atoms with Crippen LogP contribution in [-0.4, -0.2) is 18.0 Å². The fourth-order valence-electron chi connectivity index (χ4n) is 2.51. The monoisotopic (exact) mass is 368 g/mol. The highest BCUT2D eigenvalue weighted by Gasteiger charge is 2.14. The molecule has 5 nitrogen and oxygen atoms in total. The minimum atomic E-state index is -0.109. The number of hydrogen-bond donors (Lipinski definition) is 1. The maximum absolute atomic E-state index is 12.5. The molecule has 0 fully saturated rings. The number of aromatic nitrogens is 1. The predicted octanol–water partition coefficient (Wildman–Crippen LogP) is 4.55. The van der Waals surface area contributed by atoms with E-state index in [0.29, 0.717) is 23.8 Å². The zero-order valence-electron chi connectivity index (χ0n) is 14.7. The van der Waals surface area contributed by atoms with Gasteiger partial charge < -0.3 is 14.8 Å². The number of amides is 1. The molecule has 2 heterocycles. The van der Waals surface area contributed by atoms with Crippen molar-refractivity contribution in [3.8, 4) is 11.5 Å². The van der Waals surface area contributed by atoms with Crippen LogP contribution in [0, 0.1) is 0 Å². The van der Waals surface area contributed by atoms with Crippen molar-refractivity contribution in [2.24, 2.45) is 0 Å². The number of nitrogens with one attached hydrogen (secondary N) is 1. The topological polar surface area (TPSA) is 60.5 Å². The van der Waals surface area contributed by atoms with Gasteiger partial charge in [0.05, 0.1) is 12.0 Å². The van der Waals surface area contributed by atoms with E-state index in [1.807, 2.05) is 30.5 Å². The van der Waals surface area contributed by atoms with Crippen LogP contribution >= 0.6 is 11.3 Å². The molecule has 0 atom stereocenters. The van der Waals surface area contributed by atoms with Crippen molar-refractivity contribution in [1.29, 1.82) is 0 Å². The van der Waals surface area contributed by atoms with E-state index in [-0.39, 0.29) is 5.91 Å². The Hall–Kier alpha value is -2.86. The summed E-state index contributed by atoms with van der Waals surface area (Å²) in [6.07, 6.45) is 4.27. The molecule has 0 aliphatic rings. The zero-order chi connectivity index (χ0) is 18.4. The van der Waals surface area contributed by atoms with Crippen molar-refractivity contribution in [3.05, 3.63) is 70.2 Å². The van der Waals surface area contributed by atoms with E-state index in [1.54, 1.807) is 37.7 Å². The van der Waals surface area contributed by atoms with E-state index >= 15 is 0 Å². The maximum Gasteiger partial charge on any atom is 0.266 e. The van der Waals surface area contributed by atoms with Crippen LogP contribution in [0.5, 0.6) is 11.5 Å². The van der Waals surface area contributed by atoms with Gasteiger partial charge in [0.1, 0.15) is 6.61 Å². The van der Waals surface area contributed by atoms with Gasteiger partial charge in [0.25, 0.3) is 5.91 Å². The summed E-state index contributed by atoms with van der Waals surface area (Å²) in [7, 11) is 1.59. The lowest BCUT2D eigenvalue weighted by molar-refractivity contribution is 0.103. The van der Waals surface area contributed by atoms with Gasteiger partial charge in [-0.1, -0.05) is 6.92 Å². The summed E-state index contributed by atoms with van der Waals surface area (Å²) in [6, 6.07) is 11.1. The number of carbonyl (C=O) groups is 1. The lowest BCUT2D eigenvalue weighted by Gasteiger charge is -2.13. The van der Waals surface area contributed by atoms with Gasteiger partial charge in [-0.05, 0) is 53.3 Å². The van der Waals surface area contributed by atoms with Gasteiger partial charge in [-0.15, -0.1) is 11.3 Å². The Morgan fingerprint density at radius 1 is 1.15 bits per heavy atom. The Balaban J connectivity index is 1.75. The highest BCUT2D eigenvalue weighted by atomic mass is 32.1. The molecule has 134 valence electrons. The van der Waals surface area contributed by atoms with Crippen LogP contribution in [0.1, 0.15) is 27.7 Å². The normalized spacial score (nSPS) is 10.4. The second-order valence-corrected chi connectivity index (χ2v) is 6.51.